The molecule has 1 heterocycles. The number of hydrogen-bond acceptors (Lipinski definition) is 5. The second kappa shape index (κ2) is 14.6. The van der Waals surface area contributed by atoms with Gasteiger partial charge in [-0.05, 0) is 49.6 Å². The molecule has 0 bridgehead atoms. The highest BCUT2D eigenvalue weighted by Crippen LogP contribution is 2.26. The number of carbonyl (C=O) groups is 3. The van der Waals surface area contributed by atoms with E-state index in [0.717, 1.165) is 31.4 Å². The normalized spacial score (nSPS) is 17.9. The standard InChI is InChI=1S/C27H42N4O4/c1-19(2)17-23(22(26(33)30-35)14-10-13-21-11-6-5-7-12-21)25(32)29-31(18-20(3)4)27(34)24-15-8-9-16-28-24/h5-7,10-13,19-20,22-24,28,35H,8-9,14-18H2,1-4H3,(H,29,32)(H,30,33)/b13-10+/t22-,23+,24-/m0/s1. The van der Waals surface area contributed by atoms with Gasteiger partial charge in [-0.15, -0.1) is 0 Å². The highest BCUT2D eigenvalue weighted by Gasteiger charge is 2.36. The first-order valence-corrected chi connectivity index (χ1v) is 12.7. The second-order valence-electron chi connectivity index (χ2n) is 10.2. The summed E-state index contributed by atoms with van der Waals surface area (Å²) in [5.41, 5.74) is 5.56. The van der Waals surface area contributed by atoms with E-state index < -0.39 is 17.7 Å². The van der Waals surface area contributed by atoms with Crippen molar-refractivity contribution in [1.29, 1.82) is 0 Å². The summed E-state index contributed by atoms with van der Waals surface area (Å²) in [7, 11) is 0. The zero-order valence-electron chi connectivity index (χ0n) is 21.5. The second-order valence-corrected chi connectivity index (χ2v) is 10.2. The van der Waals surface area contributed by atoms with Crippen LogP contribution >= 0.6 is 0 Å². The molecule has 2 rings (SSSR count). The van der Waals surface area contributed by atoms with Crippen molar-refractivity contribution in [1.82, 2.24) is 21.2 Å². The van der Waals surface area contributed by atoms with E-state index in [4.69, 9.17) is 0 Å². The van der Waals surface area contributed by atoms with E-state index in [2.05, 4.69) is 10.7 Å². The van der Waals surface area contributed by atoms with E-state index in [0.29, 0.717) is 13.0 Å². The van der Waals surface area contributed by atoms with E-state index >= 15 is 0 Å². The number of amides is 3. The summed E-state index contributed by atoms with van der Waals surface area (Å²) in [6.45, 7) is 9.10. The number of carbonyl (C=O) groups excluding carboxylic acids is 3. The fourth-order valence-corrected chi connectivity index (χ4v) is 4.44. The minimum atomic E-state index is -0.786. The molecule has 8 heteroatoms. The number of hydrogen-bond donors (Lipinski definition) is 4. The zero-order valence-corrected chi connectivity index (χ0v) is 21.5. The molecule has 0 spiro atoms. The first-order chi connectivity index (χ1) is 16.7. The lowest BCUT2D eigenvalue weighted by Crippen LogP contribution is -2.57. The molecule has 3 amide bonds. The van der Waals surface area contributed by atoms with Crippen LogP contribution in [-0.4, -0.2) is 47.1 Å². The van der Waals surface area contributed by atoms with Gasteiger partial charge in [-0.2, -0.15) is 0 Å². The summed E-state index contributed by atoms with van der Waals surface area (Å²) >= 11 is 0. The minimum absolute atomic E-state index is 0.132. The number of nitrogens with one attached hydrogen (secondary N) is 3. The summed E-state index contributed by atoms with van der Waals surface area (Å²) in [5.74, 6) is -2.37. The van der Waals surface area contributed by atoms with Crippen LogP contribution in [0.25, 0.3) is 6.08 Å². The van der Waals surface area contributed by atoms with Crippen molar-refractivity contribution in [3.8, 4) is 0 Å². The molecule has 1 aromatic carbocycles. The third-order valence-electron chi connectivity index (χ3n) is 6.16. The molecule has 0 aromatic heterocycles. The lowest BCUT2D eigenvalue weighted by Gasteiger charge is -2.33. The van der Waals surface area contributed by atoms with E-state index in [1.54, 1.807) is 5.48 Å². The van der Waals surface area contributed by atoms with Gasteiger partial charge in [0.25, 0.3) is 5.91 Å². The molecular weight excluding hydrogens is 444 g/mol. The fraction of sp³-hybridized carbons (Fsp3) is 0.593. The Kier molecular flexibility index (Phi) is 11.9. The van der Waals surface area contributed by atoms with Gasteiger partial charge in [-0.1, -0.05) is 76.6 Å². The Morgan fingerprint density at radius 3 is 2.34 bits per heavy atom. The van der Waals surface area contributed by atoms with Gasteiger partial charge in [0.15, 0.2) is 0 Å². The number of rotatable bonds is 11. The van der Waals surface area contributed by atoms with Gasteiger partial charge >= 0.3 is 0 Å². The van der Waals surface area contributed by atoms with E-state index in [1.165, 1.54) is 5.01 Å². The number of hydroxylamine groups is 1. The summed E-state index contributed by atoms with van der Waals surface area (Å²) in [5, 5.41) is 14.1. The average Bonchev–Trinajstić information content (AvgIpc) is 2.85. The van der Waals surface area contributed by atoms with E-state index in [1.807, 2.05) is 70.2 Å². The molecule has 1 aliphatic rings. The highest BCUT2D eigenvalue weighted by atomic mass is 16.5. The maximum Gasteiger partial charge on any atom is 0.258 e. The molecule has 0 unspecified atom stereocenters. The highest BCUT2D eigenvalue weighted by molar-refractivity contribution is 5.90. The van der Waals surface area contributed by atoms with Gasteiger partial charge in [0.1, 0.15) is 0 Å². The molecular formula is C27H42N4O4. The largest absolute Gasteiger partial charge is 0.306 e. The first kappa shape index (κ1) is 28.5. The predicted octanol–water partition coefficient (Wildman–Crippen LogP) is 3.53. The van der Waals surface area contributed by atoms with Crippen molar-refractivity contribution in [3.05, 3.63) is 42.0 Å². The van der Waals surface area contributed by atoms with Crippen molar-refractivity contribution in [2.45, 2.75) is 65.8 Å². The average molecular weight is 487 g/mol. The van der Waals surface area contributed by atoms with Gasteiger partial charge in [0.2, 0.25) is 11.8 Å². The molecule has 1 aliphatic heterocycles. The van der Waals surface area contributed by atoms with Crippen molar-refractivity contribution >= 4 is 23.8 Å². The Morgan fingerprint density at radius 2 is 1.77 bits per heavy atom. The van der Waals surface area contributed by atoms with Crippen LogP contribution in [0, 0.1) is 23.7 Å². The smallest absolute Gasteiger partial charge is 0.258 e. The number of hydrazine groups is 1. The molecule has 1 aromatic rings. The fourth-order valence-electron chi connectivity index (χ4n) is 4.44. The Hall–Kier alpha value is -2.71. The Balaban J connectivity index is 2.23. The number of allylic oxidation sites excluding steroid dienone is 1. The number of piperidine rings is 1. The van der Waals surface area contributed by atoms with Crippen LogP contribution in [-0.2, 0) is 14.4 Å². The molecule has 1 fully saturated rings. The molecule has 4 N–H and O–H groups in total. The maximum absolute atomic E-state index is 13.5. The molecule has 0 radical (unpaired) electrons. The summed E-state index contributed by atoms with van der Waals surface area (Å²) in [4.78, 5) is 39.4. The van der Waals surface area contributed by atoms with Gasteiger partial charge in [-0.25, -0.2) is 5.48 Å². The summed E-state index contributed by atoms with van der Waals surface area (Å²) < 4.78 is 0. The van der Waals surface area contributed by atoms with Crippen molar-refractivity contribution in [2.24, 2.45) is 23.7 Å². The van der Waals surface area contributed by atoms with Crippen molar-refractivity contribution < 1.29 is 19.6 Å². The Labute approximate surface area is 209 Å². The van der Waals surface area contributed by atoms with Crippen LogP contribution in [0.15, 0.2) is 36.4 Å². The monoisotopic (exact) mass is 486 g/mol. The SMILES string of the molecule is CC(C)C[C@@H](C(=O)NN(CC(C)C)C(=O)[C@@H]1CCCCN1)[C@H](C/C=C/c1ccccc1)C(=O)NO. The third-order valence-corrected chi connectivity index (χ3v) is 6.16. The Bertz CT molecular complexity index is 835. The minimum Gasteiger partial charge on any atom is -0.306 e. The topological polar surface area (TPSA) is 111 Å². The molecule has 0 aliphatic carbocycles. The Morgan fingerprint density at radius 1 is 1.06 bits per heavy atom. The number of nitrogens with zero attached hydrogens (tertiary/aromatic N) is 1. The van der Waals surface area contributed by atoms with Gasteiger partial charge in [0, 0.05) is 6.54 Å². The van der Waals surface area contributed by atoms with Crippen LogP contribution < -0.4 is 16.2 Å². The van der Waals surface area contributed by atoms with Gasteiger partial charge < -0.3 is 5.32 Å². The molecule has 3 atom stereocenters. The molecule has 0 saturated carbocycles. The molecule has 1 saturated heterocycles. The van der Waals surface area contributed by atoms with E-state index in [9.17, 15) is 19.6 Å². The summed E-state index contributed by atoms with van der Waals surface area (Å²) in [6.07, 6.45) is 7.19. The quantitative estimate of drug-likeness (QED) is 0.282. The maximum atomic E-state index is 13.5. The summed E-state index contributed by atoms with van der Waals surface area (Å²) in [6, 6.07) is 9.35. The zero-order chi connectivity index (χ0) is 25.8. The van der Waals surface area contributed by atoms with E-state index in [-0.39, 0.29) is 36.1 Å². The lowest BCUT2D eigenvalue weighted by atomic mass is 9.82. The first-order valence-electron chi connectivity index (χ1n) is 12.7. The third kappa shape index (κ3) is 9.45. The van der Waals surface area contributed by atoms with Crippen LogP contribution in [0.5, 0.6) is 0 Å². The lowest BCUT2D eigenvalue weighted by molar-refractivity contribution is -0.149. The predicted molar refractivity (Wildman–Crippen MR) is 137 cm³/mol. The van der Waals surface area contributed by atoms with Gasteiger partial charge in [-0.3, -0.25) is 30.0 Å². The van der Waals surface area contributed by atoms with Crippen LogP contribution in [0.2, 0.25) is 0 Å². The number of benzene rings is 1. The molecule has 8 nitrogen and oxygen atoms in total. The molecule has 35 heavy (non-hydrogen) atoms. The van der Waals surface area contributed by atoms with Gasteiger partial charge in [0.05, 0.1) is 17.9 Å². The van der Waals surface area contributed by atoms with Crippen LogP contribution in [0.4, 0.5) is 0 Å². The van der Waals surface area contributed by atoms with Crippen molar-refractivity contribution in [2.75, 3.05) is 13.1 Å². The molecule has 194 valence electrons. The van der Waals surface area contributed by atoms with Crippen LogP contribution in [0.1, 0.15) is 65.4 Å². The van der Waals surface area contributed by atoms with Crippen LogP contribution in [0.3, 0.4) is 0 Å². The van der Waals surface area contributed by atoms with Crippen molar-refractivity contribution in [3.63, 3.8) is 0 Å².